The number of benzene rings is 1. The van der Waals surface area contributed by atoms with E-state index >= 15 is 0 Å². The van der Waals surface area contributed by atoms with Crippen molar-refractivity contribution in [3.8, 4) is 0 Å². The molecule has 0 atom stereocenters. The van der Waals surface area contributed by atoms with Crippen LogP contribution in [0.15, 0.2) is 36.5 Å². The molecule has 0 aliphatic rings. The molecule has 0 bridgehead atoms. The molecule has 2 heterocycles. The van der Waals surface area contributed by atoms with Crippen LogP contribution in [0.5, 0.6) is 0 Å². The maximum Gasteiger partial charge on any atom is 0.0490 e. The lowest BCUT2D eigenvalue weighted by atomic mass is 10.1. The first-order valence-corrected chi connectivity index (χ1v) is 6.49. The van der Waals surface area contributed by atoms with Crippen molar-refractivity contribution < 1.29 is 0 Å². The maximum atomic E-state index is 3.95. The molecular weight excluding hydrogens is 236 g/mol. The van der Waals surface area contributed by atoms with Gasteiger partial charge >= 0.3 is 0 Å². The molecule has 0 aliphatic heterocycles. The predicted octanol–water partition coefficient (Wildman–Crippen LogP) is 2.50. The quantitative estimate of drug-likeness (QED) is 0.751. The number of para-hydroxylation sites is 1. The Morgan fingerprint density at radius 2 is 2.05 bits per heavy atom. The SMILES string of the molecule is Cc1c(CNCc2ccn[nH]2)n(C)c2ccccc12. The van der Waals surface area contributed by atoms with Gasteiger partial charge in [0.15, 0.2) is 0 Å². The second-order valence-corrected chi connectivity index (χ2v) is 4.83. The van der Waals surface area contributed by atoms with Crippen molar-refractivity contribution in [2.45, 2.75) is 20.0 Å². The van der Waals surface area contributed by atoms with Crippen LogP contribution in [-0.2, 0) is 20.1 Å². The molecule has 0 unspecified atom stereocenters. The third-order valence-electron chi connectivity index (χ3n) is 3.67. The Labute approximate surface area is 112 Å². The molecule has 0 saturated heterocycles. The summed E-state index contributed by atoms with van der Waals surface area (Å²) in [5.41, 5.74) is 5.09. The monoisotopic (exact) mass is 254 g/mol. The highest BCUT2D eigenvalue weighted by molar-refractivity contribution is 5.85. The minimum atomic E-state index is 0.807. The second-order valence-electron chi connectivity index (χ2n) is 4.83. The van der Waals surface area contributed by atoms with E-state index in [-0.39, 0.29) is 0 Å². The molecule has 2 aromatic heterocycles. The molecule has 4 nitrogen and oxygen atoms in total. The summed E-state index contributed by atoms with van der Waals surface area (Å²) in [5, 5.41) is 11.7. The van der Waals surface area contributed by atoms with E-state index in [1.807, 2.05) is 6.07 Å². The van der Waals surface area contributed by atoms with Gasteiger partial charge in [0.1, 0.15) is 0 Å². The molecule has 1 aromatic carbocycles. The molecule has 0 amide bonds. The zero-order valence-electron chi connectivity index (χ0n) is 11.3. The molecule has 98 valence electrons. The normalized spacial score (nSPS) is 11.3. The summed E-state index contributed by atoms with van der Waals surface area (Å²) in [7, 11) is 2.13. The second kappa shape index (κ2) is 4.90. The number of nitrogens with one attached hydrogen (secondary N) is 2. The van der Waals surface area contributed by atoms with E-state index in [4.69, 9.17) is 0 Å². The summed E-state index contributed by atoms with van der Waals surface area (Å²) in [4.78, 5) is 0. The number of H-pyrrole nitrogens is 1. The Morgan fingerprint density at radius 1 is 1.21 bits per heavy atom. The van der Waals surface area contributed by atoms with Crippen LogP contribution in [0.4, 0.5) is 0 Å². The van der Waals surface area contributed by atoms with E-state index < -0.39 is 0 Å². The Balaban J connectivity index is 1.81. The molecule has 4 heteroatoms. The summed E-state index contributed by atoms with van der Waals surface area (Å²) in [5.74, 6) is 0. The van der Waals surface area contributed by atoms with Gasteiger partial charge in [-0.3, -0.25) is 5.10 Å². The molecule has 3 rings (SSSR count). The largest absolute Gasteiger partial charge is 0.346 e. The summed E-state index contributed by atoms with van der Waals surface area (Å²) >= 11 is 0. The molecule has 0 aliphatic carbocycles. The number of nitrogens with zero attached hydrogens (tertiary/aromatic N) is 2. The lowest BCUT2D eigenvalue weighted by Crippen LogP contribution is -2.15. The van der Waals surface area contributed by atoms with Crippen LogP contribution in [0.1, 0.15) is 17.0 Å². The van der Waals surface area contributed by atoms with Gasteiger partial charge < -0.3 is 9.88 Å². The minimum Gasteiger partial charge on any atom is -0.346 e. The summed E-state index contributed by atoms with van der Waals surface area (Å²) < 4.78 is 2.27. The van der Waals surface area contributed by atoms with E-state index in [1.54, 1.807) is 6.20 Å². The van der Waals surface area contributed by atoms with Crippen LogP contribution in [0.2, 0.25) is 0 Å². The van der Waals surface area contributed by atoms with Crippen LogP contribution in [0, 0.1) is 6.92 Å². The summed E-state index contributed by atoms with van der Waals surface area (Å²) in [6.45, 7) is 3.85. The first-order chi connectivity index (χ1) is 9.27. The molecule has 19 heavy (non-hydrogen) atoms. The molecule has 0 fully saturated rings. The van der Waals surface area contributed by atoms with Gasteiger partial charge in [-0.25, -0.2) is 0 Å². The van der Waals surface area contributed by atoms with Gasteiger partial charge in [0.25, 0.3) is 0 Å². The number of hydrogen-bond donors (Lipinski definition) is 2. The Morgan fingerprint density at radius 3 is 2.79 bits per heavy atom. The maximum absolute atomic E-state index is 3.95. The fourth-order valence-corrected chi connectivity index (χ4v) is 2.59. The lowest BCUT2D eigenvalue weighted by molar-refractivity contribution is 0.645. The van der Waals surface area contributed by atoms with Crippen molar-refractivity contribution in [1.29, 1.82) is 0 Å². The zero-order chi connectivity index (χ0) is 13.2. The fourth-order valence-electron chi connectivity index (χ4n) is 2.59. The Bertz CT molecular complexity index is 641. The van der Waals surface area contributed by atoms with Crippen molar-refractivity contribution in [3.63, 3.8) is 0 Å². The average molecular weight is 254 g/mol. The van der Waals surface area contributed by atoms with Gasteiger partial charge in [0, 0.05) is 48.6 Å². The van der Waals surface area contributed by atoms with Crippen LogP contribution in [0.3, 0.4) is 0 Å². The highest BCUT2D eigenvalue weighted by atomic mass is 15.1. The van der Waals surface area contributed by atoms with Crippen LogP contribution in [-0.4, -0.2) is 14.8 Å². The van der Waals surface area contributed by atoms with E-state index in [0.717, 1.165) is 18.8 Å². The van der Waals surface area contributed by atoms with Crippen LogP contribution >= 0.6 is 0 Å². The van der Waals surface area contributed by atoms with Crippen molar-refractivity contribution in [2.75, 3.05) is 0 Å². The van der Waals surface area contributed by atoms with E-state index in [2.05, 4.69) is 58.3 Å². The molecule has 0 radical (unpaired) electrons. The molecular formula is C15H18N4. The Hall–Kier alpha value is -2.07. The predicted molar refractivity (Wildman–Crippen MR) is 76.8 cm³/mol. The molecule has 3 aromatic rings. The molecule has 2 N–H and O–H groups in total. The van der Waals surface area contributed by atoms with E-state index in [9.17, 15) is 0 Å². The van der Waals surface area contributed by atoms with Crippen LogP contribution in [0.25, 0.3) is 10.9 Å². The number of rotatable bonds is 4. The first kappa shape index (κ1) is 12.0. The van der Waals surface area contributed by atoms with Gasteiger partial charge in [0.2, 0.25) is 0 Å². The molecule has 0 spiro atoms. The average Bonchev–Trinajstić information content (AvgIpc) is 3.02. The minimum absolute atomic E-state index is 0.807. The smallest absolute Gasteiger partial charge is 0.0490 e. The van der Waals surface area contributed by atoms with Gasteiger partial charge in [-0.15, -0.1) is 0 Å². The van der Waals surface area contributed by atoms with Gasteiger partial charge in [-0.2, -0.15) is 5.10 Å². The van der Waals surface area contributed by atoms with E-state index in [1.165, 1.54) is 22.2 Å². The first-order valence-electron chi connectivity index (χ1n) is 6.49. The van der Waals surface area contributed by atoms with Crippen LogP contribution < -0.4 is 5.32 Å². The third-order valence-corrected chi connectivity index (χ3v) is 3.67. The standard InChI is InChI=1S/C15H18N4/c1-11-13-5-3-4-6-14(13)19(2)15(11)10-16-9-12-7-8-17-18-12/h3-8,16H,9-10H2,1-2H3,(H,17,18). The summed E-state index contributed by atoms with van der Waals surface area (Å²) in [6.07, 6.45) is 1.78. The zero-order valence-corrected chi connectivity index (χ0v) is 11.3. The topological polar surface area (TPSA) is 45.6 Å². The number of fused-ring (bicyclic) bond motifs is 1. The number of aryl methyl sites for hydroxylation is 2. The highest BCUT2D eigenvalue weighted by Gasteiger charge is 2.10. The third kappa shape index (κ3) is 2.15. The van der Waals surface area contributed by atoms with Crippen molar-refractivity contribution >= 4 is 10.9 Å². The number of aromatic amines is 1. The fraction of sp³-hybridized carbons (Fsp3) is 0.267. The Kier molecular flexibility index (Phi) is 3.09. The van der Waals surface area contributed by atoms with Gasteiger partial charge in [-0.05, 0) is 24.6 Å². The number of hydrogen-bond acceptors (Lipinski definition) is 2. The summed E-state index contributed by atoms with van der Waals surface area (Å²) in [6, 6.07) is 10.5. The van der Waals surface area contributed by atoms with Crippen molar-refractivity contribution in [2.24, 2.45) is 7.05 Å². The lowest BCUT2D eigenvalue weighted by Gasteiger charge is -2.07. The van der Waals surface area contributed by atoms with E-state index in [0.29, 0.717) is 0 Å². The van der Waals surface area contributed by atoms with Gasteiger partial charge in [0.05, 0.1) is 0 Å². The highest BCUT2D eigenvalue weighted by Crippen LogP contribution is 2.24. The van der Waals surface area contributed by atoms with Crippen molar-refractivity contribution in [3.05, 3.63) is 53.5 Å². The van der Waals surface area contributed by atoms with Gasteiger partial charge in [-0.1, -0.05) is 18.2 Å². The number of aromatic nitrogens is 3. The van der Waals surface area contributed by atoms with Crippen molar-refractivity contribution in [1.82, 2.24) is 20.1 Å². The molecule has 0 saturated carbocycles.